The molecule has 0 saturated carbocycles. The topological polar surface area (TPSA) is 42.4 Å². The van der Waals surface area contributed by atoms with Crippen LogP contribution in [-0.4, -0.2) is 16.7 Å². The number of hydrogen-bond acceptors (Lipinski definition) is 3. The average Bonchev–Trinajstić information content (AvgIpc) is 2.18. The summed E-state index contributed by atoms with van der Waals surface area (Å²) in [5, 5.41) is 9.19. The summed E-state index contributed by atoms with van der Waals surface area (Å²) in [4.78, 5) is 3.96. The van der Waals surface area contributed by atoms with Crippen molar-refractivity contribution < 1.29 is 9.84 Å². The van der Waals surface area contributed by atoms with E-state index in [1.54, 1.807) is 6.07 Å². The third-order valence-corrected chi connectivity index (χ3v) is 2.05. The number of aliphatic hydroxyl groups excluding tert-OH is 1. The van der Waals surface area contributed by atoms with Crippen LogP contribution in [0.4, 0.5) is 0 Å². The molecule has 2 heterocycles. The molecule has 0 fully saturated rings. The van der Waals surface area contributed by atoms with E-state index in [0.717, 1.165) is 5.56 Å². The SMILES string of the molecule is OCc1cc2c(c(Cl)n1)OCC=C2. The molecular weight excluding hydrogens is 190 g/mol. The molecule has 13 heavy (non-hydrogen) atoms. The zero-order chi connectivity index (χ0) is 9.26. The van der Waals surface area contributed by atoms with E-state index in [-0.39, 0.29) is 6.61 Å². The number of fused-ring (bicyclic) bond motifs is 1. The summed E-state index contributed by atoms with van der Waals surface area (Å²) in [7, 11) is 0. The molecule has 0 amide bonds. The Morgan fingerprint density at radius 1 is 1.62 bits per heavy atom. The number of aliphatic hydroxyl groups is 1. The van der Waals surface area contributed by atoms with E-state index >= 15 is 0 Å². The lowest BCUT2D eigenvalue weighted by Crippen LogP contribution is -2.03. The van der Waals surface area contributed by atoms with Gasteiger partial charge in [-0.25, -0.2) is 4.98 Å². The molecule has 0 bridgehead atoms. The highest BCUT2D eigenvalue weighted by molar-refractivity contribution is 6.31. The highest BCUT2D eigenvalue weighted by atomic mass is 35.5. The summed E-state index contributed by atoms with van der Waals surface area (Å²) >= 11 is 5.84. The lowest BCUT2D eigenvalue weighted by atomic mass is 10.2. The van der Waals surface area contributed by atoms with Crippen LogP contribution in [0.1, 0.15) is 11.3 Å². The van der Waals surface area contributed by atoms with Crippen LogP contribution < -0.4 is 4.74 Å². The monoisotopic (exact) mass is 197 g/mol. The summed E-state index contributed by atoms with van der Waals surface area (Å²) < 4.78 is 5.29. The number of hydrogen-bond donors (Lipinski definition) is 1. The van der Waals surface area contributed by atoms with Gasteiger partial charge in [-0.3, -0.25) is 0 Å². The fraction of sp³-hybridized carbons (Fsp3) is 0.222. The highest BCUT2D eigenvalue weighted by Crippen LogP contribution is 2.30. The normalized spacial score (nSPS) is 13.7. The number of aromatic nitrogens is 1. The van der Waals surface area contributed by atoms with Crippen LogP contribution in [0.15, 0.2) is 12.1 Å². The predicted octanol–water partition coefficient (Wildman–Crippen LogP) is 1.63. The zero-order valence-electron chi connectivity index (χ0n) is 6.83. The Hall–Kier alpha value is -1.06. The predicted molar refractivity (Wildman–Crippen MR) is 49.7 cm³/mol. The zero-order valence-corrected chi connectivity index (χ0v) is 7.58. The van der Waals surface area contributed by atoms with Gasteiger partial charge in [0.05, 0.1) is 12.3 Å². The van der Waals surface area contributed by atoms with E-state index in [1.165, 1.54) is 0 Å². The molecule has 0 aliphatic carbocycles. The lowest BCUT2D eigenvalue weighted by molar-refractivity contribution is 0.276. The van der Waals surface area contributed by atoms with Crippen LogP contribution in [0.3, 0.4) is 0 Å². The number of ether oxygens (including phenoxy) is 1. The molecule has 0 unspecified atom stereocenters. The van der Waals surface area contributed by atoms with E-state index in [9.17, 15) is 0 Å². The first-order chi connectivity index (χ1) is 6.31. The van der Waals surface area contributed by atoms with Crippen LogP contribution in [-0.2, 0) is 6.61 Å². The minimum Gasteiger partial charge on any atom is -0.486 e. The van der Waals surface area contributed by atoms with Crippen LogP contribution in [0.25, 0.3) is 6.08 Å². The molecule has 0 radical (unpaired) electrons. The minimum atomic E-state index is -0.110. The van der Waals surface area contributed by atoms with E-state index in [2.05, 4.69) is 4.98 Å². The fourth-order valence-corrected chi connectivity index (χ4v) is 1.50. The second-order valence-electron chi connectivity index (χ2n) is 2.69. The van der Waals surface area contributed by atoms with Gasteiger partial charge in [0.1, 0.15) is 6.61 Å². The second kappa shape index (κ2) is 3.36. The van der Waals surface area contributed by atoms with Gasteiger partial charge in [-0.05, 0) is 12.1 Å². The molecule has 0 saturated heterocycles. The van der Waals surface area contributed by atoms with Gasteiger partial charge in [0.2, 0.25) is 0 Å². The van der Waals surface area contributed by atoms with Gasteiger partial charge >= 0.3 is 0 Å². The third-order valence-electron chi connectivity index (χ3n) is 1.80. The molecule has 0 spiro atoms. The summed E-state index contributed by atoms with van der Waals surface area (Å²) in [5.41, 5.74) is 1.43. The molecule has 1 aliphatic heterocycles. The van der Waals surface area contributed by atoms with Crippen LogP contribution >= 0.6 is 11.6 Å². The number of nitrogens with zero attached hydrogens (tertiary/aromatic N) is 1. The molecule has 1 aromatic heterocycles. The first kappa shape index (κ1) is 8.53. The van der Waals surface area contributed by atoms with E-state index in [0.29, 0.717) is 23.2 Å². The Labute approximate surface area is 80.6 Å². The Balaban J connectivity index is 2.55. The molecular formula is C9H8ClNO2. The Bertz CT molecular complexity index is 363. The van der Waals surface area contributed by atoms with Crippen LogP contribution in [0, 0.1) is 0 Å². The van der Waals surface area contributed by atoms with Crippen LogP contribution in [0.2, 0.25) is 5.15 Å². The van der Waals surface area contributed by atoms with Crippen molar-refractivity contribution in [1.82, 2.24) is 4.98 Å². The Morgan fingerprint density at radius 3 is 3.23 bits per heavy atom. The van der Waals surface area contributed by atoms with Gasteiger partial charge in [-0.15, -0.1) is 0 Å². The van der Waals surface area contributed by atoms with Crippen molar-refractivity contribution in [1.29, 1.82) is 0 Å². The lowest BCUT2D eigenvalue weighted by Gasteiger charge is -2.13. The smallest absolute Gasteiger partial charge is 0.172 e. The number of pyridine rings is 1. The van der Waals surface area contributed by atoms with Gasteiger partial charge in [0.15, 0.2) is 10.9 Å². The largest absolute Gasteiger partial charge is 0.486 e. The van der Waals surface area contributed by atoms with E-state index in [4.69, 9.17) is 21.4 Å². The molecule has 68 valence electrons. The van der Waals surface area contributed by atoms with Crippen molar-refractivity contribution in [2.24, 2.45) is 0 Å². The molecule has 3 nitrogen and oxygen atoms in total. The molecule has 2 rings (SSSR count). The maximum atomic E-state index is 8.88. The summed E-state index contributed by atoms with van der Waals surface area (Å²) in [6.07, 6.45) is 3.80. The molecule has 0 aromatic carbocycles. The van der Waals surface area contributed by atoms with Crippen molar-refractivity contribution in [2.45, 2.75) is 6.61 Å². The van der Waals surface area contributed by atoms with Crippen molar-refractivity contribution in [3.63, 3.8) is 0 Å². The van der Waals surface area contributed by atoms with Gasteiger partial charge in [0, 0.05) is 5.56 Å². The molecule has 0 atom stereocenters. The molecule has 1 N–H and O–H groups in total. The molecule has 1 aliphatic rings. The van der Waals surface area contributed by atoms with Gasteiger partial charge in [-0.2, -0.15) is 0 Å². The van der Waals surface area contributed by atoms with E-state index < -0.39 is 0 Å². The third kappa shape index (κ3) is 1.53. The Kier molecular flexibility index (Phi) is 2.20. The summed E-state index contributed by atoms with van der Waals surface area (Å²) in [5.74, 6) is 0.598. The van der Waals surface area contributed by atoms with Gasteiger partial charge in [0.25, 0.3) is 0 Å². The maximum Gasteiger partial charge on any atom is 0.172 e. The molecule has 4 heteroatoms. The average molecular weight is 198 g/mol. The quantitative estimate of drug-likeness (QED) is 0.696. The van der Waals surface area contributed by atoms with Crippen LogP contribution in [0.5, 0.6) is 5.75 Å². The first-order valence-electron chi connectivity index (χ1n) is 3.91. The van der Waals surface area contributed by atoms with Gasteiger partial charge in [-0.1, -0.05) is 17.7 Å². The summed E-state index contributed by atoms with van der Waals surface area (Å²) in [6, 6.07) is 1.76. The minimum absolute atomic E-state index is 0.110. The van der Waals surface area contributed by atoms with Crippen molar-refractivity contribution >= 4 is 17.7 Å². The van der Waals surface area contributed by atoms with Crippen molar-refractivity contribution in [3.05, 3.63) is 28.6 Å². The number of halogens is 1. The van der Waals surface area contributed by atoms with Gasteiger partial charge < -0.3 is 9.84 Å². The first-order valence-corrected chi connectivity index (χ1v) is 4.28. The van der Waals surface area contributed by atoms with E-state index in [1.807, 2.05) is 12.2 Å². The second-order valence-corrected chi connectivity index (χ2v) is 3.05. The summed E-state index contributed by atoms with van der Waals surface area (Å²) in [6.45, 7) is 0.410. The maximum absolute atomic E-state index is 8.88. The fourth-order valence-electron chi connectivity index (χ4n) is 1.23. The Morgan fingerprint density at radius 2 is 2.46 bits per heavy atom. The molecule has 1 aromatic rings. The number of rotatable bonds is 1. The standard InChI is InChI=1S/C9H8ClNO2/c10-9-8-6(2-1-3-13-8)4-7(5-12)11-9/h1-2,4,12H,3,5H2. The van der Waals surface area contributed by atoms with Crippen molar-refractivity contribution in [2.75, 3.05) is 6.61 Å². The highest BCUT2D eigenvalue weighted by Gasteiger charge is 2.12. The van der Waals surface area contributed by atoms with Crippen molar-refractivity contribution in [3.8, 4) is 5.75 Å².